The number of benzene rings is 3. The summed E-state index contributed by atoms with van der Waals surface area (Å²) >= 11 is -0.201. The second kappa shape index (κ2) is 5.53. The van der Waals surface area contributed by atoms with E-state index in [1.165, 1.54) is 31.0 Å². The van der Waals surface area contributed by atoms with E-state index in [0.29, 0.717) is 0 Å². The van der Waals surface area contributed by atoms with Crippen LogP contribution in [0.1, 0.15) is 0 Å². The Morgan fingerprint density at radius 2 is 1.29 bits per heavy atom. The quantitative estimate of drug-likeness (QED) is 0.417. The SMILES string of the molecule is c1ccc(-c2cc(-c3ccc4ccccc4c3)c[te]2)cc1. The summed E-state index contributed by atoms with van der Waals surface area (Å²) in [5.41, 5.74) is 4.11. The summed E-state index contributed by atoms with van der Waals surface area (Å²) in [4.78, 5) is 0. The molecule has 0 fully saturated rings. The zero-order valence-corrected chi connectivity index (χ0v) is 13.8. The molecular formula is C20H14Te. The van der Waals surface area contributed by atoms with Crippen molar-refractivity contribution in [1.29, 1.82) is 0 Å². The van der Waals surface area contributed by atoms with Gasteiger partial charge in [-0.3, -0.25) is 0 Å². The van der Waals surface area contributed by atoms with Crippen molar-refractivity contribution >= 4 is 31.2 Å². The first-order chi connectivity index (χ1) is 10.4. The third-order valence-electron chi connectivity index (χ3n) is 3.74. The van der Waals surface area contributed by atoms with Gasteiger partial charge in [-0.15, -0.1) is 0 Å². The second-order valence-electron chi connectivity index (χ2n) is 5.13. The summed E-state index contributed by atoms with van der Waals surface area (Å²) in [6.45, 7) is 0. The Balaban J connectivity index is 1.77. The monoisotopic (exact) mass is 384 g/mol. The second-order valence-corrected chi connectivity index (χ2v) is 7.73. The molecule has 0 spiro atoms. The predicted octanol–water partition coefficient (Wildman–Crippen LogP) is 5.23. The molecule has 0 atom stereocenters. The Labute approximate surface area is 134 Å². The maximum atomic E-state index is 2.46. The van der Waals surface area contributed by atoms with Gasteiger partial charge >= 0.3 is 134 Å². The average molecular weight is 382 g/mol. The molecule has 0 saturated carbocycles. The van der Waals surface area contributed by atoms with Crippen LogP contribution in [0.4, 0.5) is 0 Å². The molecule has 0 aliphatic heterocycles. The molecule has 0 aliphatic carbocycles. The Kier molecular flexibility index (Phi) is 3.39. The predicted molar refractivity (Wildman–Crippen MR) is 91.8 cm³/mol. The van der Waals surface area contributed by atoms with E-state index in [9.17, 15) is 0 Å². The van der Waals surface area contributed by atoms with Crippen LogP contribution in [-0.2, 0) is 0 Å². The van der Waals surface area contributed by atoms with Gasteiger partial charge in [-0.25, -0.2) is 0 Å². The molecule has 0 N–H and O–H groups in total. The van der Waals surface area contributed by atoms with Crippen molar-refractivity contribution < 1.29 is 0 Å². The van der Waals surface area contributed by atoms with E-state index in [1.54, 1.807) is 0 Å². The van der Waals surface area contributed by atoms with E-state index in [0.717, 1.165) is 0 Å². The van der Waals surface area contributed by atoms with Gasteiger partial charge in [-0.2, -0.15) is 0 Å². The molecule has 100 valence electrons. The van der Waals surface area contributed by atoms with E-state index in [-0.39, 0.29) is 20.4 Å². The molecule has 3 aromatic carbocycles. The van der Waals surface area contributed by atoms with Crippen molar-refractivity contribution in [3.8, 4) is 20.3 Å². The van der Waals surface area contributed by atoms with Gasteiger partial charge in [-0.05, 0) is 0 Å². The van der Waals surface area contributed by atoms with Gasteiger partial charge in [0.25, 0.3) is 0 Å². The van der Waals surface area contributed by atoms with E-state index < -0.39 is 0 Å². The summed E-state index contributed by atoms with van der Waals surface area (Å²) < 4.78 is 3.99. The fraction of sp³-hybridized carbons (Fsp3) is 0. The maximum absolute atomic E-state index is 2.46. The van der Waals surface area contributed by atoms with Crippen LogP contribution in [0.25, 0.3) is 31.0 Å². The van der Waals surface area contributed by atoms with Gasteiger partial charge in [-0.1, -0.05) is 0 Å². The molecule has 4 aromatic rings. The fourth-order valence-corrected chi connectivity index (χ4v) is 5.25. The molecule has 0 unspecified atom stereocenters. The van der Waals surface area contributed by atoms with Crippen LogP contribution in [-0.4, -0.2) is 20.4 Å². The van der Waals surface area contributed by atoms with Gasteiger partial charge in [0, 0.05) is 0 Å². The number of fused-ring (bicyclic) bond motifs is 1. The van der Waals surface area contributed by atoms with E-state index in [1.807, 2.05) is 0 Å². The third-order valence-corrected chi connectivity index (χ3v) is 6.54. The van der Waals surface area contributed by atoms with Crippen LogP contribution in [0.3, 0.4) is 0 Å². The van der Waals surface area contributed by atoms with Crippen molar-refractivity contribution in [3.05, 3.63) is 82.9 Å². The standard InChI is InChI=1S/C20H14Te/c1-2-7-16(8-3-1)20-13-19(14-21-20)18-11-10-15-6-4-5-9-17(15)12-18/h1-14H. The zero-order chi connectivity index (χ0) is 14.1. The topological polar surface area (TPSA) is 0 Å². The minimum atomic E-state index is -0.201. The molecule has 0 nitrogen and oxygen atoms in total. The van der Waals surface area contributed by atoms with Gasteiger partial charge in [0.15, 0.2) is 0 Å². The number of hydrogen-bond donors (Lipinski definition) is 0. The molecule has 0 amide bonds. The molecule has 0 saturated heterocycles. The van der Waals surface area contributed by atoms with Gasteiger partial charge < -0.3 is 0 Å². The fourth-order valence-electron chi connectivity index (χ4n) is 2.61. The van der Waals surface area contributed by atoms with Gasteiger partial charge in [0.05, 0.1) is 0 Å². The first-order valence-electron chi connectivity index (χ1n) is 7.03. The Morgan fingerprint density at radius 3 is 2.14 bits per heavy atom. The van der Waals surface area contributed by atoms with E-state index >= 15 is 0 Å². The number of rotatable bonds is 2. The van der Waals surface area contributed by atoms with E-state index in [2.05, 4.69) is 82.9 Å². The number of hydrogen-bond acceptors (Lipinski definition) is 0. The molecular weight excluding hydrogens is 368 g/mol. The molecule has 1 heterocycles. The minimum absolute atomic E-state index is 0.201. The van der Waals surface area contributed by atoms with Crippen LogP contribution < -0.4 is 0 Å². The van der Waals surface area contributed by atoms with Crippen molar-refractivity contribution in [2.45, 2.75) is 0 Å². The molecule has 0 bridgehead atoms. The van der Waals surface area contributed by atoms with Crippen molar-refractivity contribution in [2.75, 3.05) is 0 Å². The van der Waals surface area contributed by atoms with Crippen LogP contribution >= 0.6 is 0 Å². The Morgan fingerprint density at radius 1 is 0.524 bits per heavy atom. The summed E-state index contributed by atoms with van der Waals surface area (Å²) in [5, 5.41) is 2.63. The Bertz CT molecular complexity index is 888. The summed E-state index contributed by atoms with van der Waals surface area (Å²) in [6, 6.07) is 28.5. The first-order valence-corrected chi connectivity index (χ1v) is 9.54. The van der Waals surface area contributed by atoms with E-state index in [4.69, 9.17) is 0 Å². The first kappa shape index (κ1) is 12.9. The van der Waals surface area contributed by atoms with Gasteiger partial charge in [0.2, 0.25) is 0 Å². The third kappa shape index (κ3) is 2.56. The van der Waals surface area contributed by atoms with Crippen LogP contribution in [0.5, 0.6) is 0 Å². The average Bonchev–Trinajstić information content (AvgIpc) is 3.05. The van der Waals surface area contributed by atoms with Crippen LogP contribution in [0, 0.1) is 0 Å². The van der Waals surface area contributed by atoms with Crippen molar-refractivity contribution in [2.24, 2.45) is 0 Å². The van der Waals surface area contributed by atoms with Crippen LogP contribution in [0.2, 0.25) is 0 Å². The molecule has 4 rings (SSSR count). The zero-order valence-electron chi connectivity index (χ0n) is 11.5. The summed E-state index contributed by atoms with van der Waals surface area (Å²) in [5.74, 6) is 0. The normalized spacial score (nSPS) is 10.9. The van der Waals surface area contributed by atoms with Crippen molar-refractivity contribution in [1.82, 2.24) is 0 Å². The summed E-state index contributed by atoms with van der Waals surface area (Å²) in [7, 11) is 0. The van der Waals surface area contributed by atoms with Crippen LogP contribution in [0.15, 0.2) is 82.9 Å². The van der Waals surface area contributed by atoms with Crippen molar-refractivity contribution in [3.63, 3.8) is 0 Å². The molecule has 0 radical (unpaired) electrons. The molecule has 1 heteroatoms. The molecule has 0 aliphatic rings. The summed E-state index contributed by atoms with van der Waals surface area (Å²) in [6.07, 6.45) is 0. The molecule has 1 aromatic heterocycles. The van der Waals surface area contributed by atoms with Gasteiger partial charge in [0.1, 0.15) is 0 Å². The Hall–Kier alpha value is -1.81. The molecule has 21 heavy (non-hydrogen) atoms.